The molecule has 4 aromatic rings. The number of hydrogen-bond donors (Lipinski definition) is 1. The molecule has 0 saturated carbocycles. The van der Waals surface area contributed by atoms with E-state index in [2.05, 4.69) is 25.7 Å². The molecule has 30 heavy (non-hydrogen) atoms. The first-order valence-electron chi connectivity index (χ1n) is 9.03. The van der Waals surface area contributed by atoms with Gasteiger partial charge in [0.25, 0.3) is 5.91 Å². The summed E-state index contributed by atoms with van der Waals surface area (Å²) in [6.45, 7) is 0.432. The molecule has 0 aliphatic rings. The number of amides is 1. The third-order valence-corrected chi connectivity index (χ3v) is 6.37. The van der Waals surface area contributed by atoms with E-state index in [9.17, 15) is 9.18 Å². The largest absolute Gasteiger partial charge is 0.346 e. The molecule has 0 aliphatic carbocycles. The van der Waals surface area contributed by atoms with Gasteiger partial charge in [-0.1, -0.05) is 65.6 Å². The molecule has 7 nitrogen and oxygen atoms in total. The van der Waals surface area contributed by atoms with Crippen molar-refractivity contribution in [2.45, 2.75) is 17.5 Å². The molecule has 2 aromatic heterocycles. The molecule has 1 amide bonds. The summed E-state index contributed by atoms with van der Waals surface area (Å²) in [6.07, 6.45) is 0. The molecule has 1 N–H and O–H groups in total. The first-order valence-corrected chi connectivity index (χ1v) is 10.8. The molecular formula is C20H17FN6OS2. The van der Waals surface area contributed by atoms with Gasteiger partial charge in [-0.3, -0.25) is 4.79 Å². The Morgan fingerprint density at radius 2 is 1.83 bits per heavy atom. The number of nitrogens with one attached hydrogen (secondary N) is 1. The summed E-state index contributed by atoms with van der Waals surface area (Å²) in [5.41, 5.74) is 1.41. The minimum Gasteiger partial charge on any atom is -0.346 e. The van der Waals surface area contributed by atoms with Crippen molar-refractivity contribution >= 4 is 29.0 Å². The summed E-state index contributed by atoms with van der Waals surface area (Å²) < 4.78 is 15.8. The second kappa shape index (κ2) is 9.14. The standard InChI is InChI=1S/C20H17FN6OS2/c1-27-17(14-9-5-6-10-15(14)21)24-26-20(27)29-12-16-23-25-19(30-16)18(28)22-11-13-7-3-2-4-8-13/h2-10H,11-12H2,1H3,(H,22,28). The molecule has 0 saturated heterocycles. The van der Waals surface area contributed by atoms with Gasteiger partial charge in [0, 0.05) is 13.6 Å². The Bertz CT molecular complexity index is 1160. The molecule has 2 heterocycles. The number of rotatable bonds is 7. The van der Waals surface area contributed by atoms with Crippen LogP contribution in [0.15, 0.2) is 59.8 Å². The predicted octanol–water partition coefficient (Wildman–Crippen LogP) is 3.70. The maximum atomic E-state index is 14.0. The first kappa shape index (κ1) is 20.2. The second-order valence-electron chi connectivity index (χ2n) is 6.30. The van der Waals surface area contributed by atoms with Crippen LogP contribution in [0.25, 0.3) is 11.4 Å². The monoisotopic (exact) mass is 440 g/mol. The van der Waals surface area contributed by atoms with Crippen LogP contribution in [-0.2, 0) is 19.3 Å². The number of thioether (sulfide) groups is 1. The number of halogens is 1. The van der Waals surface area contributed by atoms with Gasteiger partial charge in [0.05, 0.1) is 11.3 Å². The lowest BCUT2D eigenvalue weighted by Gasteiger charge is -2.04. The maximum Gasteiger partial charge on any atom is 0.282 e. The van der Waals surface area contributed by atoms with Crippen LogP contribution in [0.5, 0.6) is 0 Å². The fourth-order valence-electron chi connectivity index (χ4n) is 2.70. The van der Waals surface area contributed by atoms with Crippen LogP contribution >= 0.6 is 23.1 Å². The molecule has 2 aromatic carbocycles. The van der Waals surface area contributed by atoms with Gasteiger partial charge in [0.1, 0.15) is 10.8 Å². The van der Waals surface area contributed by atoms with E-state index in [1.54, 1.807) is 29.8 Å². The minimum absolute atomic E-state index is 0.256. The van der Waals surface area contributed by atoms with E-state index < -0.39 is 0 Å². The van der Waals surface area contributed by atoms with Crippen LogP contribution < -0.4 is 5.32 Å². The van der Waals surface area contributed by atoms with E-state index in [1.807, 2.05) is 30.3 Å². The van der Waals surface area contributed by atoms with Gasteiger partial charge < -0.3 is 9.88 Å². The summed E-state index contributed by atoms with van der Waals surface area (Å²) in [4.78, 5) is 12.3. The lowest BCUT2D eigenvalue weighted by Crippen LogP contribution is -2.22. The fourth-order valence-corrected chi connectivity index (χ4v) is 4.35. The third kappa shape index (κ3) is 4.55. The van der Waals surface area contributed by atoms with E-state index >= 15 is 0 Å². The van der Waals surface area contributed by atoms with Crippen LogP contribution in [0.3, 0.4) is 0 Å². The van der Waals surface area contributed by atoms with Gasteiger partial charge >= 0.3 is 0 Å². The van der Waals surface area contributed by atoms with Crippen molar-refractivity contribution < 1.29 is 9.18 Å². The molecule has 0 fully saturated rings. The van der Waals surface area contributed by atoms with Gasteiger partial charge in [-0.2, -0.15) is 0 Å². The van der Waals surface area contributed by atoms with E-state index in [0.717, 1.165) is 5.56 Å². The summed E-state index contributed by atoms with van der Waals surface area (Å²) in [6, 6.07) is 16.1. The van der Waals surface area contributed by atoms with Crippen molar-refractivity contribution in [1.29, 1.82) is 0 Å². The Morgan fingerprint density at radius 3 is 2.63 bits per heavy atom. The van der Waals surface area contributed by atoms with Crippen molar-refractivity contribution in [3.8, 4) is 11.4 Å². The molecule has 4 rings (SSSR count). The molecule has 0 bridgehead atoms. The van der Waals surface area contributed by atoms with Crippen molar-refractivity contribution in [1.82, 2.24) is 30.3 Å². The number of aromatic nitrogens is 5. The number of carbonyl (C=O) groups excluding carboxylic acids is 1. The van der Waals surface area contributed by atoms with E-state index in [0.29, 0.717) is 38.9 Å². The summed E-state index contributed by atoms with van der Waals surface area (Å²) >= 11 is 2.63. The lowest BCUT2D eigenvalue weighted by molar-refractivity contribution is 0.0950. The number of nitrogens with zero attached hydrogens (tertiary/aromatic N) is 5. The normalized spacial score (nSPS) is 10.9. The van der Waals surface area contributed by atoms with Gasteiger partial charge in [-0.05, 0) is 17.7 Å². The fraction of sp³-hybridized carbons (Fsp3) is 0.150. The van der Waals surface area contributed by atoms with E-state index in [-0.39, 0.29) is 11.7 Å². The predicted molar refractivity (Wildman–Crippen MR) is 113 cm³/mol. The first-order chi connectivity index (χ1) is 14.6. The van der Waals surface area contributed by atoms with Crippen LogP contribution in [0.2, 0.25) is 0 Å². The van der Waals surface area contributed by atoms with Gasteiger partial charge in [0.15, 0.2) is 11.0 Å². The average molecular weight is 441 g/mol. The number of carbonyl (C=O) groups is 1. The second-order valence-corrected chi connectivity index (χ2v) is 8.31. The highest BCUT2D eigenvalue weighted by Crippen LogP contribution is 2.27. The molecular weight excluding hydrogens is 423 g/mol. The van der Waals surface area contributed by atoms with E-state index in [1.165, 1.54) is 29.2 Å². The quantitative estimate of drug-likeness (QED) is 0.441. The van der Waals surface area contributed by atoms with Gasteiger partial charge in [-0.15, -0.1) is 20.4 Å². The summed E-state index contributed by atoms with van der Waals surface area (Å²) in [5, 5.41) is 20.8. The number of hydrogen-bond acceptors (Lipinski definition) is 7. The molecule has 0 unspecified atom stereocenters. The molecule has 10 heteroatoms. The molecule has 152 valence electrons. The molecule has 0 atom stereocenters. The van der Waals surface area contributed by atoms with Crippen LogP contribution in [0.4, 0.5) is 4.39 Å². The van der Waals surface area contributed by atoms with Crippen LogP contribution in [0.1, 0.15) is 20.4 Å². The minimum atomic E-state index is -0.347. The molecule has 0 spiro atoms. The van der Waals surface area contributed by atoms with Crippen molar-refractivity contribution in [3.63, 3.8) is 0 Å². The Morgan fingerprint density at radius 1 is 1.07 bits per heavy atom. The van der Waals surface area contributed by atoms with E-state index in [4.69, 9.17) is 0 Å². The smallest absolute Gasteiger partial charge is 0.282 e. The zero-order valence-electron chi connectivity index (χ0n) is 15.9. The Labute approximate surface area is 180 Å². The van der Waals surface area contributed by atoms with Crippen molar-refractivity contribution in [3.05, 3.63) is 76.0 Å². The topological polar surface area (TPSA) is 85.6 Å². The van der Waals surface area contributed by atoms with Crippen LogP contribution in [-0.4, -0.2) is 30.9 Å². The molecule has 0 aliphatic heterocycles. The van der Waals surface area contributed by atoms with Crippen molar-refractivity contribution in [2.24, 2.45) is 7.05 Å². The van der Waals surface area contributed by atoms with Crippen molar-refractivity contribution in [2.75, 3.05) is 0 Å². The lowest BCUT2D eigenvalue weighted by atomic mass is 10.2. The molecule has 0 radical (unpaired) electrons. The average Bonchev–Trinajstić information content (AvgIpc) is 3.38. The highest BCUT2D eigenvalue weighted by atomic mass is 32.2. The zero-order chi connectivity index (χ0) is 20.9. The third-order valence-electron chi connectivity index (χ3n) is 4.23. The SMILES string of the molecule is Cn1c(SCc2nnc(C(=O)NCc3ccccc3)s2)nnc1-c1ccccc1F. The Balaban J connectivity index is 1.37. The van der Waals surface area contributed by atoms with Gasteiger partial charge in [0.2, 0.25) is 5.01 Å². The summed E-state index contributed by atoms with van der Waals surface area (Å²) in [5.74, 6) is 0.328. The Hall–Kier alpha value is -3.11. The zero-order valence-corrected chi connectivity index (χ0v) is 17.6. The van der Waals surface area contributed by atoms with Gasteiger partial charge in [-0.25, -0.2) is 4.39 Å². The summed E-state index contributed by atoms with van der Waals surface area (Å²) in [7, 11) is 1.78. The Kier molecular flexibility index (Phi) is 6.15. The van der Waals surface area contributed by atoms with Crippen LogP contribution in [0, 0.1) is 5.82 Å². The highest BCUT2D eigenvalue weighted by Gasteiger charge is 2.16. The maximum absolute atomic E-state index is 14.0. The highest BCUT2D eigenvalue weighted by molar-refractivity contribution is 7.98. The number of benzene rings is 2.